The maximum Gasteiger partial charge on any atom is 0.374 e. The van der Waals surface area contributed by atoms with Crippen molar-refractivity contribution in [1.82, 2.24) is 5.16 Å². The third-order valence-corrected chi connectivity index (χ3v) is 4.63. The molecule has 1 fully saturated rings. The summed E-state index contributed by atoms with van der Waals surface area (Å²) in [5.41, 5.74) is 1.30. The second kappa shape index (κ2) is 4.74. The van der Waals surface area contributed by atoms with Crippen LogP contribution in [0.25, 0.3) is 11.3 Å². The van der Waals surface area contributed by atoms with Crippen LogP contribution in [0.4, 0.5) is 0 Å². The Morgan fingerprint density at radius 1 is 1.23 bits per heavy atom. The number of fused-ring (bicyclic) bond motifs is 1. The number of aromatic carboxylic acids is 1. The maximum atomic E-state index is 10.9. The van der Waals surface area contributed by atoms with Crippen LogP contribution in [0, 0.1) is 5.41 Å². The predicted octanol–water partition coefficient (Wildman–Crippen LogP) is 3.35. The zero-order valence-corrected chi connectivity index (χ0v) is 13.1. The molecule has 0 amide bonds. The van der Waals surface area contributed by atoms with Crippen molar-refractivity contribution in [3.63, 3.8) is 0 Å². The quantitative estimate of drug-likeness (QED) is 0.878. The summed E-state index contributed by atoms with van der Waals surface area (Å²) in [6, 6.07) is 5.00. The van der Waals surface area contributed by atoms with Gasteiger partial charge >= 0.3 is 5.97 Å². The standard InChI is InChI=1S/C15H12BrNO5/c16-9-3-8(10-5-12(14(18)19)22-17-10)4-11-13(9)21-7-15(1-2-15)6-20-11/h3-5H,1-2,6-7H2,(H,18,19). The second-order valence-corrected chi connectivity index (χ2v) is 6.60. The Morgan fingerprint density at radius 2 is 2.00 bits per heavy atom. The molecule has 1 spiro atoms. The molecule has 22 heavy (non-hydrogen) atoms. The van der Waals surface area contributed by atoms with Gasteiger partial charge in [-0.05, 0) is 40.9 Å². The van der Waals surface area contributed by atoms with Crippen LogP contribution in [-0.2, 0) is 0 Å². The monoisotopic (exact) mass is 365 g/mol. The van der Waals surface area contributed by atoms with Crippen molar-refractivity contribution in [2.45, 2.75) is 12.8 Å². The molecule has 1 saturated carbocycles. The summed E-state index contributed by atoms with van der Waals surface area (Å²) in [6.07, 6.45) is 2.24. The number of nitrogens with zero attached hydrogens (tertiary/aromatic N) is 1. The number of hydrogen-bond acceptors (Lipinski definition) is 5. The molecule has 2 aliphatic rings. The van der Waals surface area contributed by atoms with Crippen molar-refractivity contribution in [2.24, 2.45) is 5.41 Å². The molecule has 0 atom stereocenters. The van der Waals surface area contributed by atoms with Crippen LogP contribution < -0.4 is 9.47 Å². The van der Waals surface area contributed by atoms with E-state index in [0.29, 0.717) is 36.0 Å². The van der Waals surface area contributed by atoms with Gasteiger partial charge in [-0.3, -0.25) is 0 Å². The van der Waals surface area contributed by atoms with Crippen molar-refractivity contribution in [1.29, 1.82) is 0 Å². The minimum absolute atomic E-state index is 0.156. The fourth-order valence-electron chi connectivity index (χ4n) is 2.44. The molecule has 1 aliphatic heterocycles. The number of halogens is 1. The molecule has 0 bridgehead atoms. The van der Waals surface area contributed by atoms with Gasteiger partial charge in [0.1, 0.15) is 5.69 Å². The molecule has 1 aliphatic carbocycles. The van der Waals surface area contributed by atoms with Crippen LogP contribution in [0.15, 0.2) is 27.2 Å². The Kier molecular flexibility index (Phi) is 2.94. The molecular weight excluding hydrogens is 354 g/mol. The largest absolute Gasteiger partial charge is 0.489 e. The Labute approximate surface area is 134 Å². The number of carboxylic acid groups (broad SMARTS) is 1. The van der Waals surface area contributed by atoms with Crippen LogP contribution in [0.3, 0.4) is 0 Å². The summed E-state index contributed by atoms with van der Waals surface area (Å²) in [6.45, 7) is 1.29. The average Bonchev–Trinajstić information content (AvgIpc) is 3.13. The average molecular weight is 366 g/mol. The zero-order chi connectivity index (χ0) is 15.3. The summed E-state index contributed by atoms with van der Waals surface area (Å²) >= 11 is 3.48. The molecule has 7 heteroatoms. The number of carboxylic acids is 1. The van der Waals surface area contributed by atoms with E-state index < -0.39 is 5.97 Å². The van der Waals surface area contributed by atoms with Gasteiger partial charge in [0.15, 0.2) is 11.5 Å². The van der Waals surface area contributed by atoms with Crippen LogP contribution >= 0.6 is 15.9 Å². The molecule has 0 saturated heterocycles. The molecular formula is C15H12BrNO5. The van der Waals surface area contributed by atoms with E-state index in [1.807, 2.05) is 6.07 Å². The fraction of sp³-hybridized carbons (Fsp3) is 0.333. The molecule has 2 aromatic rings. The van der Waals surface area contributed by atoms with Gasteiger partial charge in [-0.1, -0.05) is 5.16 Å². The van der Waals surface area contributed by atoms with Crippen molar-refractivity contribution in [2.75, 3.05) is 13.2 Å². The van der Waals surface area contributed by atoms with E-state index in [2.05, 4.69) is 21.1 Å². The number of aromatic nitrogens is 1. The topological polar surface area (TPSA) is 81.8 Å². The molecule has 4 rings (SSSR count). The number of hydrogen-bond donors (Lipinski definition) is 1. The zero-order valence-electron chi connectivity index (χ0n) is 11.5. The minimum Gasteiger partial charge on any atom is -0.489 e. The van der Waals surface area contributed by atoms with E-state index in [1.165, 1.54) is 6.07 Å². The molecule has 1 N–H and O–H groups in total. The van der Waals surface area contributed by atoms with E-state index in [9.17, 15) is 4.79 Å². The van der Waals surface area contributed by atoms with Gasteiger partial charge in [0, 0.05) is 17.0 Å². The summed E-state index contributed by atoms with van der Waals surface area (Å²) < 4.78 is 17.3. The van der Waals surface area contributed by atoms with E-state index in [0.717, 1.165) is 17.3 Å². The van der Waals surface area contributed by atoms with Crippen molar-refractivity contribution < 1.29 is 23.9 Å². The predicted molar refractivity (Wildman–Crippen MR) is 79.3 cm³/mol. The van der Waals surface area contributed by atoms with Gasteiger partial charge in [0.2, 0.25) is 5.76 Å². The van der Waals surface area contributed by atoms with Gasteiger partial charge in [-0.15, -0.1) is 0 Å². The normalized spacial score (nSPS) is 18.0. The van der Waals surface area contributed by atoms with E-state index in [4.69, 9.17) is 19.1 Å². The molecule has 0 unspecified atom stereocenters. The highest BCUT2D eigenvalue weighted by atomic mass is 79.9. The van der Waals surface area contributed by atoms with Gasteiger partial charge in [-0.25, -0.2) is 4.79 Å². The first kappa shape index (κ1) is 13.6. The van der Waals surface area contributed by atoms with Crippen LogP contribution in [0.1, 0.15) is 23.4 Å². The first-order valence-electron chi connectivity index (χ1n) is 6.86. The van der Waals surface area contributed by atoms with Crippen LogP contribution in [0.2, 0.25) is 0 Å². The Hall–Kier alpha value is -2.02. The molecule has 0 radical (unpaired) electrons. The number of benzene rings is 1. The maximum absolute atomic E-state index is 10.9. The first-order chi connectivity index (χ1) is 10.6. The molecule has 2 heterocycles. The van der Waals surface area contributed by atoms with Crippen molar-refractivity contribution >= 4 is 21.9 Å². The van der Waals surface area contributed by atoms with Gasteiger partial charge in [-0.2, -0.15) is 0 Å². The third kappa shape index (κ3) is 2.25. The molecule has 1 aromatic heterocycles. The molecule has 6 nitrogen and oxygen atoms in total. The number of ether oxygens (including phenoxy) is 2. The Morgan fingerprint density at radius 3 is 2.68 bits per heavy atom. The van der Waals surface area contributed by atoms with Gasteiger partial charge in [0.05, 0.1) is 17.7 Å². The van der Waals surface area contributed by atoms with E-state index in [1.54, 1.807) is 6.07 Å². The molecule has 114 valence electrons. The van der Waals surface area contributed by atoms with Gasteiger partial charge < -0.3 is 19.1 Å². The molecule has 1 aromatic carbocycles. The van der Waals surface area contributed by atoms with Crippen molar-refractivity contribution in [3.05, 3.63) is 28.4 Å². The lowest BCUT2D eigenvalue weighted by molar-refractivity contribution is 0.0652. The fourth-order valence-corrected chi connectivity index (χ4v) is 3.00. The van der Waals surface area contributed by atoms with Crippen molar-refractivity contribution in [3.8, 4) is 22.8 Å². The lowest BCUT2D eigenvalue weighted by Gasteiger charge is -2.10. The highest BCUT2D eigenvalue weighted by molar-refractivity contribution is 9.10. The Balaban J connectivity index is 1.71. The van der Waals surface area contributed by atoms with E-state index in [-0.39, 0.29) is 11.2 Å². The Bertz CT molecular complexity index is 765. The number of rotatable bonds is 2. The minimum atomic E-state index is -1.15. The summed E-state index contributed by atoms with van der Waals surface area (Å²) in [7, 11) is 0. The smallest absolute Gasteiger partial charge is 0.374 e. The highest BCUT2D eigenvalue weighted by Crippen LogP contribution is 2.51. The highest BCUT2D eigenvalue weighted by Gasteiger charge is 2.46. The summed E-state index contributed by atoms with van der Waals surface area (Å²) in [5.74, 6) is -0.0412. The van der Waals surface area contributed by atoms with Crippen LogP contribution in [0.5, 0.6) is 11.5 Å². The summed E-state index contributed by atoms with van der Waals surface area (Å²) in [5, 5.41) is 12.7. The second-order valence-electron chi connectivity index (χ2n) is 5.74. The van der Waals surface area contributed by atoms with E-state index >= 15 is 0 Å². The lowest BCUT2D eigenvalue weighted by Crippen LogP contribution is -2.17. The summed E-state index contributed by atoms with van der Waals surface area (Å²) in [4.78, 5) is 10.9. The third-order valence-electron chi connectivity index (χ3n) is 4.04. The SMILES string of the molecule is O=C(O)c1cc(-c2cc(Br)c3c(c2)OCC2(CC2)CO3)no1. The first-order valence-corrected chi connectivity index (χ1v) is 7.65. The number of carbonyl (C=O) groups is 1. The lowest BCUT2D eigenvalue weighted by atomic mass is 10.1. The van der Waals surface area contributed by atoms with Gasteiger partial charge in [0.25, 0.3) is 0 Å². The van der Waals surface area contributed by atoms with Crippen LogP contribution in [-0.4, -0.2) is 29.4 Å².